The van der Waals surface area contributed by atoms with Gasteiger partial charge >= 0.3 is 0 Å². The third kappa shape index (κ3) is 2.50. The molecule has 4 N–H and O–H groups in total. The van der Waals surface area contributed by atoms with Crippen LogP contribution in [0.1, 0.15) is 29.4 Å². The van der Waals surface area contributed by atoms with Crippen molar-refractivity contribution in [3.63, 3.8) is 0 Å². The molecule has 0 unspecified atom stereocenters. The lowest BCUT2D eigenvalue weighted by atomic mass is 10.1. The van der Waals surface area contributed by atoms with Gasteiger partial charge in [-0.1, -0.05) is 6.58 Å². The van der Waals surface area contributed by atoms with E-state index < -0.39 is 5.91 Å². The maximum absolute atomic E-state index is 11.8. The molecule has 23 heavy (non-hydrogen) atoms. The summed E-state index contributed by atoms with van der Waals surface area (Å²) in [6.07, 6.45) is 4.23. The highest BCUT2D eigenvalue weighted by Gasteiger charge is 2.28. The summed E-state index contributed by atoms with van der Waals surface area (Å²) in [5, 5.41) is 4.64. The lowest BCUT2D eigenvalue weighted by Gasteiger charge is -2.32. The van der Waals surface area contributed by atoms with E-state index in [9.17, 15) is 9.59 Å². The molecule has 0 aliphatic carbocycles. The number of primary amides is 1. The van der Waals surface area contributed by atoms with Crippen molar-refractivity contribution in [1.29, 1.82) is 0 Å². The summed E-state index contributed by atoms with van der Waals surface area (Å²) in [5.74, 6) is -0.662. The van der Waals surface area contributed by atoms with E-state index in [0.29, 0.717) is 24.1 Å². The van der Waals surface area contributed by atoms with Gasteiger partial charge in [0.25, 0.3) is 5.91 Å². The van der Waals surface area contributed by atoms with Crippen molar-refractivity contribution in [2.45, 2.75) is 18.9 Å². The number of nitrogen functional groups attached to an aromatic ring is 1. The Bertz CT molecular complexity index is 798. The van der Waals surface area contributed by atoms with Crippen LogP contribution >= 0.6 is 0 Å². The number of anilines is 1. The van der Waals surface area contributed by atoms with Crippen LogP contribution in [0.15, 0.2) is 19.0 Å². The molecule has 0 spiro atoms. The van der Waals surface area contributed by atoms with Crippen LogP contribution in [0, 0.1) is 0 Å². The van der Waals surface area contributed by atoms with Gasteiger partial charge in [-0.2, -0.15) is 5.10 Å². The zero-order valence-electron chi connectivity index (χ0n) is 12.5. The van der Waals surface area contributed by atoms with Crippen molar-refractivity contribution < 1.29 is 9.59 Å². The van der Waals surface area contributed by atoms with Crippen LogP contribution in [0.25, 0.3) is 11.0 Å². The molecule has 2 aromatic rings. The van der Waals surface area contributed by atoms with E-state index in [1.165, 1.54) is 12.4 Å². The molecule has 0 radical (unpaired) electrons. The summed E-state index contributed by atoms with van der Waals surface area (Å²) in [6.45, 7) is 4.64. The molecule has 0 aromatic carbocycles. The Balaban J connectivity index is 2.06. The van der Waals surface area contributed by atoms with Gasteiger partial charge in [-0.3, -0.25) is 9.59 Å². The predicted octanol–water partition coefficient (Wildman–Crippen LogP) is -0.143. The van der Waals surface area contributed by atoms with Crippen molar-refractivity contribution in [3.8, 4) is 0 Å². The average Bonchev–Trinajstić information content (AvgIpc) is 2.95. The molecule has 9 nitrogen and oxygen atoms in total. The van der Waals surface area contributed by atoms with Crippen LogP contribution in [-0.4, -0.2) is 49.6 Å². The fourth-order valence-corrected chi connectivity index (χ4v) is 2.91. The van der Waals surface area contributed by atoms with Crippen molar-refractivity contribution in [2.24, 2.45) is 5.73 Å². The Labute approximate surface area is 132 Å². The first kappa shape index (κ1) is 14.9. The molecular weight excluding hydrogens is 298 g/mol. The number of hydrogen-bond acceptors (Lipinski definition) is 6. The highest BCUT2D eigenvalue weighted by atomic mass is 16.2. The van der Waals surface area contributed by atoms with Crippen LogP contribution in [0.3, 0.4) is 0 Å². The Morgan fingerprint density at radius 1 is 1.39 bits per heavy atom. The van der Waals surface area contributed by atoms with Gasteiger partial charge < -0.3 is 16.4 Å². The zero-order chi connectivity index (χ0) is 16.6. The molecule has 1 aliphatic rings. The number of carbonyl (C=O) groups excluding carboxylic acids is 2. The number of hydrogen-bond donors (Lipinski definition) is 2. The molecule has 1 fully saturated rings. The van der Waals surface area contributed by atoms with Crippen LogP contribution in [-0.2, 0) is 4.79 Å². The lowest BCUT2D eigenvalue weighted by molar-refractivity contribution is -0.127. The summed E-state index contributed by atoms with van der Waals surface area (Å²) in [6, 6.07) is -0.113. The smallest absolute Gasteiger partial charge is 0.270 e. The molecule has 2 amide bonds. The minimum absolute atomic E-state index is 0.0465. The quantitative estimate of drug-likeness (QED) is 0.757. The van der Waals surface area contributed by atoms with Gasteiger partial charge in [0.2, 0.25) is 5.91 Å². The highest BCUT2D eigenvalue weighted by molar-refractivity contribution is 6.06. The minimum Gasteiger partial charge on any atom is -0.383 e. The molecule has 1 aliphatic heterocycles. The Morgan fingerprint density at radius 2 is 2.17 bits per heavy atom. The second-order valence-electron chi connectivity index (χ2n) is 5.40. The van der Waals surface area contributed by atoms with E-state index >= 15 is 0 Å². The van der Waals surface area contributed by atoms with Gasteiger partial charge in [-0.15, -0.1) is 0 Å². The lowest BCUT2D eigenvalue weighted by Crippen LogP contribution is -2.40. The maximum Gasteiger partial charge on any atom is 0.270 e. The number of fused-ring (bicyclic) bond motifs is 1. The summed E-state index contributed by atoms with van der Waals surface area (Å²) in [5.41, 5.74) is 11.7. The van der Waals surface area contributed by atoms with E-state index in [1.807, 2.05) is 0 Å². The van der Waals surface area contributed by atoms with Crippen molar-refractivity contribution in [2.75, 3.05) is 18.8 Å². The van der Waals surface area contributed by atoms with Crippen molar-refractivity contribution >= 4 is 28.7 Å². The van der Waals surface area contributed by atoms with E-state index in [0.717, 1.165) is 12.8 Å². The van der Waals surface area contributed by atoms with Crippen LogP contribution in [0.2, 0.25) is 0 Å². The van der Waals surface area contributed by atoms with E-state index in [2.05, 4.69) is 21.6 Å². The van der Waals surface area contributed by atoms with E-state index in [4.69, 9.17) is 11.5 Å². The largest absolute Gasteiger partial charge is 0.383 e. The molecule has 1 saturated heterocycles. The maximum atomic E-state index is 11.8. The fourth-order valence-electron chi connectivity index (χ4n) is 2.91. The predicted molar refractivity (Wildman–Crippen MR) is 83.3 cm³/mol. The first-order valence-electron chi connectivity index (χ1n) is 7.22. The van der Waals surface area contributed by atoms with Crippen molar-refractivity contribution in [1.82, 2.24) is 24.6 Å². The molecule has 120 valence electrons. The monoisotopic (exact) mass is 315 g/mol. The molecule has 9 heteroatoms. The number of nitrogens with zero attached hydrogens (tertiary/aromatic N) is 5. The summed E-state index contributed by atoms with van der Waals surface area (Å²) < 4.78 is 1.62. The van der Waals surface area contributed by atoms with Gasteiger partial charge in [-0.05, 0) is 18.9 Å². The fraction of sp³-hybridized carbons (Fsp3) is 0.357. The minimum atomic E-state index is -0.690. The normalized spacial score (nSPS) is 18.1. The number of piperidine rings is 1. The van der Waals surface area contributed by atoms with Crippen molar-refractivity contribution in [3.05, 3.63) is 24.7 Å². The zero-order valence-corrected chi connectivity index (χ0v) is 12.5. The molecule has 1 atom stereocenters. The average molecular weight is 315 g/mol. The summed E-state index contributed by atoms with van der Waals surface area (Å²) in [4.78, 5) is 33.3. The molecular formula is C14H17N7O2. The number of amides is 2. The molecule has 0 bridgehead atoms. The van der Waals surface area contributed by atoms with Crippen LogP contribution in [0.4, 0.5) is 5.82 Å². The molecule has 3 rings (SSSR count). The third-order valence-electron chi connectivity index (χ3n) is 3.98. The molecule has 2 aromatic heterocycles. The third-order valence-corrected chi connectivity index (χ3v) is 3.98. The van der Waals surface area contributed by atoms with Gasteiger partial charge in [0.15, 0.2) is 11.3 Å². The van der Waals surface area contributed by atoms with Gasteiger partial charge in [0.05, 0.1) is 11.4 Å². The summed E-state index contributed by atoms with van der Waals surface area (Å²) in [7, 11) is 0. The highest BCUT2D eigenvalue weighted by Crippen LogP contribution is 2.28. The standard InChI is InChI=1S/C14H17N7O2/c1-2-9(22)20-5-3-4-8(6-20)21-14-10(11(19-21)13(16)23)12(15)17-7-18-14/h2,7-8H,1,3-6H2,(H2,16,23)(H2,15,17,18)/t8-/m1/s1. The van der Waals surface area contributed by atoms with Gasteiger partial charge in [-0.25, -0.2) is 14.6 Å². The number of carbonyl (C=O) groups is 2. The number of aromatic nitrogens is 4. The van der Waals surface area contributed by atoms with Crippen LogP contribution < -0.4 is 11.5 Å². The van der Waals surface area contributed by atoms with Gasteiger partial charge in [0.1, 0.15) is 12.1 Å². The summed E-state index contributed by atoms with van der Waals surface area (Å²) >= 11 is 0. The second-order valence-corrected chi connectivity index (χ2v) is 5.40. The Kier molecular flexibility index (Phi) is 3.68. The SMILES string of the molecule is C=CC(=O)N1CCC[C@@H](n2nc(C(N)=O)c3c(N)ncnc32)C1. The van der Waals surface area contributed by atoms with Crippen LogP contribution in [0.5, 0.6) is 0 Å². The van der Waals surface area contributed by atoms with E-state index in [1.54, 1.807) is 9.58 Å². The number of nitrogens with two attached hydrogens (primary N) is 2. The first-order chi connectivity index (χ1) is 11.0. The topological polar surface area (TPSA) is 133 Å². The Morgan fingerprint density at radius 3 is 2.87 bits per heavy atom. The number of likely N-dealkylation sites (tertiary alicyclic amines) is 1. The first-order valence-corrected chi connectivity index (χ1v) is 7.22. The second kappa shape index (κ2) is 5.67. The van der Waals surface area contributed by atoms with Gasteiger partial charge in [0, 0.05) is 13.1 Å². The van der Waals surface area contributed by atoms with E-state index in [-0.39, 0.29) is 23.5 Å². The molecule has 3 heterocycles. The Hall–Kier alpha value is -2.97. The number of rotatable bonds is 3. The molecule has 0 saturated carbocycles.